The second-order valence-electron chi connectivity index (χ2n) is 12.2. The summed E-state index contributed by atoms with van der Waals surface area (Å²) in [5.74, 6) is -1.16. The second kappa shape index (κ2) is 13.3. The average molecular weight is 638 g/mol. The fourth-order valence-electron chi connectivity index (χ4n) is 4.85. The molecule has 1 heterocycles. The molecular formula is C34H35F4N5O3. The summed E-state index contributed by atoms with van der Waals surface area (Å²) < 4.78 is 62.5. The highest BCUT2D eigenvalue weighted by molar-refractivity contribution is 6.03. The first-order chi connectivity index (χ1) is 21.8. The number of nitrogens with one attached hydrogen (secondary N) is 3. The molecular weight excluding hydrogens is 602 g/mol. The minimum absolute atomic E-state index is 0.00699. The molecule has 0 aliphatic heterocycles. The molecule has 8 nitrogen and oxygen atoms in total. The van der Waals surface area contributed by atoms with Crippen molar-refractivity contribution in [2.75, 3.05) is 11.9 Å². The number of hydrogen-bond acceptors (Lipinski definition) is 5. The van der Waals surface area contributed by atoms with E-state index in [9.17, 15) is 22.8 Å². The van der Waals surface area contributed by atoms with E-state index in [1.54, 1.807) is 39.0 Å². The van der Waals surface area contributed by atoms with Crippen molar-refractivity contribution in [1.29, 1.82) is 0 Å². The summed E-state index contributed by atoms with van der Waals surface area (Å²) in [6.07, 6.45) is -3.25. The van der Waals surface area contributed by atoms with Gasteiger partial charge in [-0.1, -0.05) is 48.5 Å². The zero-order chi connectivity index (χ0) is 33.1. The van der Waals surface area contributed by atoms with E-state index in [2.05, 4.69) is 21.0 Å². The minimum atomic E-state index is -4.85. The standard InChI is InChI=1S/C34H35F4N5O3/c1-33(2,3)46-32(45)40-20-22-8-7-11-25(16-22)43-28(18-29(42-43)34(36,37)38)31(44)41-27-17-24(14-15-26(27)35)30(39-19-21-12-13-21)23-9-5-4-6-10-23/h4-11,14-18,21,30,39H,12-13,19-20H2,1-3H3,(H,40,45)(H,41,44). The van der Waals surface area contributed by atoms with Crippen molar-refractivity contribution in [2.24, 2.45) is 5.92 Å². The largest absolute Gasteiger partial charge is 0.444 e. The third-order valence-electron chi connectivity index (χ3n) is 7.24. The van der Waals surface area contributed by atoms with Gasteiger partial charge in [0.25, 0.3) is 5.91 Å². The van der Waals surface area contributed by atoms with Crippen molar-refractivity contribution >= 4 is 17.7 Å². The number of benzene rings is 3. The molecule has 4 aromatic rings. The topological polar surface area (TPSA) is 97.3 Å². The Balaban J connectivity index is 1.42. The van der Waals surface area contributed by atoms with Gasteiger partial charge in [0.05, 0.1) is 17.4 Å². The van der Waals surface area contributed by atoms with Crippen molar-refractivity contribution < 1.29 is 31.9 Å². The monoisotopic (exact) mass is 637 g/mol. The Morgan fingerprint density at radius 1 is 0.957 bits per heavy atom. The Bertz CT molecular complexity index is 1700. The quantitative estimate of drug-likeness (QED) is 0.158. The highest BCUT2D eigenvalue weighted by Gasteiger charge is 2.36. The number of aromatic nitrogens is 2. The molecule has 1 aromatic heterocycles. The van der Waals surface area contributed by atoms with Gasteiger partial charge in [0, 0.05) is 12.6 Å². The molecule has 12 heteroatoms. The van der Waals surface area contributed by atoms with Gasteiger partial charge < -0.3 is 20.7 Å². The van der Waals surface area contributed by atoms with Gasteiger partial charge in [0.2, 0.25) is 0 Å². The summed E-state index contributed by atoms with van der Waals surface area (Å²) in [4.78, 5) is 25.6. The highest BCUT2D eigenvalue weighted by atomic mass is 19.4. The first-order valence-electron chi connectivity index (χ1n) is 14.9. The van der Waals surface area contributed by atoms with Gasteiger partial charge in [-0.15, -0.1) is 0 Å². The van der Waals surface area contributed by atoms with Gasteiger partial charge in [-0.2, -0.15) is 18.3 Å². The molecule has 1 unspecified atom stereocenters. The van der Waals surface area contributed by atoms with Crippen LogP contribution in [0.15, 0.2) is 78.9 Å². The number of amides is 2. The number of alkyl halides is 3. The zero-order valence-electron chi connectivity index (χ0n) is 25.6. The van der Waals surface area contributed by atoms with E-state index in [0.717, 1.165) is 29.6 Å². The van der Waals surface area contributed by atoms with Crippen LogP contribution in [0.4, 0.5) is 28.0 Å². The maximum absolute atomic E-state index is 15.1. The lowest BCUT2D eigenvalue weighted by Crippen LogP contribution is -2.32. The summed E-state index contributed by atoms with van der Waals surface area (Å²) in [6, 6.07) is 20.4. The summed E-state index contributed by atoms with van der Waals surface area (Å²) in [5, 5.41) is 12.2. The average Bonchev–Trinajstić information content (AvgIpc) is 3.70. The molecule has 0 spiro atoms. The smallest absolute Gasteiger partial charge is 0.435 e. The molecule has 0 bridgehead atoms. The normalized spacial score (nSPS) is 14.1. The Hall–Kier alpha value is -4.71. The van der Waals surface area contributed by atoms with E-state index in [4.69, 9.17) is 4.74 Å². The lowest BCUT2D eigenvalue weighted by Gasteiger charge is -2.21. The van der Waals surface area contributed by atoms with E-state index in [1.165, 1.54) is 24.3 Å². The van der Waals surface area contributed by atoms with E-state index >= 15 is 4.39 Å². The molecule has 1 fully saturated rings. The predicted octanol–water partition coefficient (Wildman–Crippen LogP) is 7.40. The van der Waals surface area contributed by atoms with Crippen molar-refractivity contribution in [2.45, 2.75) is 58.0 Å². The van der Waals surface area contributed by atoms with Crippen LogP contribution in [-0.4, -0.2) is 33.9 Å². The number of halogens is 4. The fourth-order valence-corrected chi connectivity index (χ4v) is 4.85. The third-order valence-corrected chi connectivity index (χ3v) is 7.24. The number of ether oxygens (including phenoxy) is 1. The van der Waals surface area contributed by atoms with Crippen LogP contribution in [0, 0.1) is 11.7 Å². The molecule has 0 saturated heterocycles. The minimum Gasteiger partial charge on any atom is -0.444 e. The SMILES string of the molecule is CC(C)(C)OC(=O)NCc1cccc(-n2nc(C(F)(F)F)cc2C(=O)Nc2cc(C(NCC3CC3)c3ccccc3)ccc2F)c1. The molecule has 1 aliphatic carbocycles. The van der Waals surface area contributed by atoms with Crippen molar-refractivity contribution in [3.63, 3.8) is 0 Å². The molecule has 1 saturated carbocycles. The van der Waals surface area contributed by atoms with E-state index in [0.29, 0.717) is 23.1 Å². The van der Waals surface area contributed by atoms with Crippen molar-refractivity contribution in [3.05, 3.63) is 113 Å². The number of rotatable bonds is 10. The fraction of sp³-hybridized carbons (Fsp3) is 0.324. The molecule has 2 amide bonds. The highest BCUT2D eigenvalue weighted by Crippen LogP contribution is 2.32. The number of hydrogen-bond donors (Lipinski definition) is 3. The van der Waals surface area contributed by atoms with Crippen LogP contribution in [-0.2, 0) is 17.5 Å². The van der Waals surface area contributed by atoms with Crippen LogP contribution in [0.3, 0.4) is 0 Å². The Morgan fingerprint density at radius 3 is 2.37 bits per heavy atom. The first-order valence-corrected chi connectivity index (χ1v) is 14.9. The van der Waals surface area contributed by atoms with Gasteiger partial charge in [-0.3, -0.25) is 4.79 Å². The lowest BCUT2D eigenvalue weighted by atomic mass is 9.97. The maximum atomic E-state index is 15.1. The van der Waals surface area contributed by atoms with Crippen LogP contribution in [0.1, 0.15) is 72.5 Å². The molecule has 5 rings (SSSR count). The van der Waals surface area contributed by atoms with Crippen LogP contribution in [0.25, 0.3) is 5.69 Å². The number of anilines is 1. The predicted molar refractivity (Wildman–Crippen MR) is 165 cm³/mol. The second-order valence-corrected chi connectivity index (χ2v) is 12.2. The molecule has 1 aliphatic rings. The van der Waals surface area contributed by atoms with Gasteiger partial charge in [-0.05, 0) is 87.0 Å². The third kappa shape index (κ3) is 8.51. The summed E-state index contributed by atoms with van der Waals surface area (Å²) in [7, 11) is 0. The molecule has 3 N–H and O–H groups in total. The Labute approximate surface area is 264 Å². The molecule has 242 valence electrons. The van der Waals surface area contributed by atoms with Crippen LogP contribution < -0.4 is 16.0 Å². The Morgan fingerprint density at radius 2 is 1.70 bits per heavy atom. The van der Waals surface area contributed by atoms with E-state index in [1.807, 2.05) is 30.3 Å². The van der Waals surface area contributed by atoms with E-state index in [-0.39, 0.29) is 24.0 Å². The lowest BCUT2D eigenvalue weighted by molar-refractivity contribution is -0.141. The zero-order valence-corrected chi connectivity index (χ0v) is 25.6. The summed E-state index contributed by atoms with van der Waals surface area (Å²) in [6.45, 7) is 5.92. The number of carbonyl (C=O) groups is 2. The summed E-state index contributed by atoms with van der Waals surface area (Å²) >= 11 is 0. The van der Waals surface area contributed by atoms with Crippen LogP contribution in [0.5, 0.6) is 0 Å². The molecule has 3 aromatic carbocycles. The van der Waals surface area contributed by atoms with Gasteiger partial charge in [-0.25, -0.2) is 13.9 Å². The number of alkyl carbamates (subject to hydrolysis) is 1. The van der Waals surface area contributed by atoms with E-state index < -0.39 is 41.0 Å². The van der Waals surface area contributed by atoms with Gasteiger partial charge in [0.1, 0.15) is 17.1 Å². The van der Waals surface area contributed by atoms with Crippen LogP contribution >= 0.6 is 0 Å². The van der Waals surface area contributed by atoms with Gasteiger partial charge >= 0.3 is 12.3 Å². The van der Waals surface area contributed by atoms with Crippen LogP contribution in [0.2, 0.25) is 0 Å². The number of nitrogens with zero attached hydrogens (tertiary/aromatic N) is 2. The molecule has 0 radical (unpaired) electrons. The number of carbonyl (C=O) groups excluding carboxylic acids is 2. The van der Waals surface area contributed by atoms with Gasteiger partial charge in [0.15, 0.2) is 5.69 Å². The van der Waals surface area contributed by atoms with Crippen molar-refractivity contribution in [1.82, 2.24) is 20.4 Å². The van der Waals surface area contributed by atoms with Crippen molar-refractivity contribution in [3.8, 4) is 5.69 Å². The Kier molecular flexibility index (Phi) is 9.47. The first kappa shape index (κ1) is 32.7. The molecule has 1 atom stereocenters. The molecule has 46 heavy (non-hydrogen) atoms. The summed E-state index contributed by atoms with van der Waals surface area (Å²) in [5.41, 5.74) is -0.382. The maximum Gasteiger partial charge on any atom is 0.435 e.